The molecule has 0 spiro atoms. The Labute approximate surface area is 258 Å². The molecule has 226 valence electrons. The van der Waals surface area contributed by atoms with Crippen LogP contribution < -0.4 is 5.69 Å². The molecule has 1 fully saturated rings. The first-order valence-corrected chi connectivity index (χ1v) is 15.5. The molecule has 0 saturated carbocycles. The van der Waals surface area contributed by atoms with E-state index >= 15 is 0 Å². The van der Waals surface area contributed by atoms with E-state index in [9.17, 15) is 9.59 Å². The van der Waals surface area contributed by atoms with Gasteiger partial charge in [0, 0.05) is 38.3 Å². The van der Waals surface area contributed by atoms with E-state index in [1.54, 1.807) is 4.90 Å². The Bertz CT molecular complexity index is 1670. The lowest BCUT2D eigenvalue weighted by Gasteiger charge is -2.34. The second-order valence-electron chi connectivity index (χ2n) is 11.8. The van der Waals surface area contributed by atoms with Crippen molar-refractivity contribution in [3.05, 3.63) is 142 Å². The zero-order valence-electron chi connectivity index (χ0n) is 25.3. The fourth-order valence-corrected chi connectivity index (χ4v) is 6.40. The summed E-state index contributed by atoms with van der Waals surface area (Å²) < 4.78 is 7.97. The second kappa shape index (κ2) is 13.8. The maximum absolute atomic E-state index is 13.4. The van der Waals surface area contributed by atoms with Crippen molar-refractivity contribution in [2.24, 2.45) is 0 Å². The highest BCUT2D eigenvalue weighted by atomic mass is 16.6. The lowest BCUT2D eigenvalue weighted by molar-refractivity contribution is 0.0518. The Morgan fingerprint density at radius 2 is 1.39 bits per heavy atom. The first kappa shape index (κ1) is 29.5. The van der Waals surface area contributed by atoms with Crippen LogP contribution in [0.25, 0.3) is 11.0 Å². The Balaban J connectivity index is 1.16. The van der Waals surface area contributed by atoms with Crippen LogP contribution in [0.1, 0.15) is 41.1 Å². The number of aromatic amines is 1. The van der Waals surface area contributed by atoms with Crippen molar-refractivity contribution in [2.75, 3.05) is 19.7 Å². The Morgan fingerprint density at radius 1 is 0.818 bits per heavy atom. The van der Waals surface area contributed by atoms with Gasteiger partial charge in [-0.15, -0.1) is 0 Å². The normalized spacial score (nSPS) is 14.6. The molecule has 4 aromatic carbocycles. The minimum absolute atomic E-state index is 0.0212. The maximum atomic E-state index is 13.4. The van der Waals surface area contributed by atoms with Crippen LogP contribution in [0.15, 0.2) is 114 Å². The van der Waals surface area contributed by atoms with E-state index in [1.165, 1.54) is 16.7 Å². The lowest BCUT2D eigenvalue weighted by atomic mass is 10.0. The SMILES string of the molecule is Cc1cccc2[nH]c(=O)n(C3CCN(C(=O)OC[C@H](Cc4ccccc4)N(Cc4ccccc4)Cc4ccccc4)CC3)c12. The van der Waals surface area contributed by atoms with Gasteiger partial charge in [0.2, 0.25) is 0 Å². The smallest absolute Gasteiger partial charge is 0.409 e. The zero-order valence-corrected chi connectivity index (χ0v) is 25.3. The molecule has 1 aliphatic rings. The van der Waals surface area contributed by atoms with Crippen molar-refractivity contribution < 1.29 is 9.53 Å². The molecule has 1 aliphatic heterocycles. The van der Waals surface area contributed by atoms with Crippen LogP contribution in [-0.4, -0.2) is 51.2 Å². The molecule has 1 N–H and O–H groups in total. The van der Waals surface area contributed by atoms with Crippen LogP contribution in [0.2, 0.25) is 0 Å². The van der Waals surface area contributed by atoms with Gasteiger partial charge in [0.05, 0.1) is 11.0 Å². The van der Waals surface area contributed by atoms with Gasteiger partial charge >= 0.3 is 11.8 Å². The number of ether oxygens (including phenoxy) is 1. The summed E-state index contributed by atoms with van der Waals surface area (Å²) in [6, 6.07) is 37.3. The third-order valence-corrected chi connectivity index (χ3v) is 8.71. The minimum Gasteiger partial charge on any atom is -0.448 e. The number of aryl methyl sites for hydroxylation is 1. The molecule has 7 nitrogen and oxygen atoms in total. The minimum atomic E-state index is -0.289. The summed E-state index contributed by atoms with van der Waals surface area (Å²) in [5.74, 6) is 0. The van der Waals surface area contributed by atoms with Crippen LogP contribution >= 0.6 is 0 Å². The number of amides is 1. The largest absolute Gasteiger partial charge is 0.448 e. The highest BCUT2D eigenvalue weighted by molar-refractivity contribution is 5.79. The molecule has 6 rings (SSSR count). The molecule has 0 radical (unpaired) electrons. The van der Waals surface area contributed by atoms with Crippen LogP contribution in [0.5, 0.6) is 0 Å². The number of H-pyrrole nitrogens is 1. The number of hydrogen-bond donors (Lipinski definition) is 1. The molecular weight excluding hydrogens is 548 g/mol. The van der Waals surface area contributed by atoms with Gasteiger partial charge in [-0.1, -0.05) is 103 Å². The van der Waals surface area contributed by atoms with Crippen molar-refractivity contribution in [1.82, 2.24) is 19.4 Å². The summed E-state index contributed by atoms with van der Waals surface area (Å²) in [5, 5.41) is 0. The monoisotopic (exact) mass is 588 g/mol. The number of likely N-dealkylation sites (tertiary alicyclic amines) is 1. The highest BCUT2D eigenvalue weighted by Gasteiger charge is 2.29. The fraction of sp³-hybridized carbons (Fsp3) is 0.297. The van der Waals surface area contributed by atoms with Crippen molar-refractivity contribution in [1.29, 1.82) is 0 Å². The van der Waals surface area contributed by atoms with Gasteiger partial charge in [0.1, 0.15) is 6.61 Å². The number of hydrogen-bond acceptors (Lipinski definition) is 4. The zero-order chi connectivity index (χ0) is 30.3. The third kappa shape index (κ3) is 6.95. The molecule has 1 saturated heterocycles. The fourth-order valence-electron chi connectivity index (χ4n) is 6.40. The van der Waals surface area contributed by atoms with Gasteiger partial charge in [-0.25, -0.2) is 9.59 Å². The number of para-hydroxylation sites is 1. The highest BCUT2D eigenvalue weighted by Crippen LogP contribution is 2.27. The van der Waals surface area contributed by atoms with Gasteiger partial charge in [0.25, 0.3) is 0 Å². The number of carbonyl (C=O) groups excluding carboxylic acids is 1. The summed E-state index contributed by atoms with van der Waals surface area (Å²) in [6.07, 6.45) is 1.89. The average Bonchev–Trinajstić information content (AvgIpc) is 3.41. The quantitative estimate of drug-likeness (QED) is 0.197. The molecule has 2 heterocycles. The average molecular weight is 589 g/mol. The van der Waals surface area contributed by atoms with E-state index in [4.69, 9.17) is 4.74 Å². The number of nitrogens with one attached hydrogen (secondary N) is 1. The summed E-state index contributed by atoms with van der Waals surface area (Å²) in [7, 11) is 0. The Hall–Kier alpha value is -4.62. The number of carbonyl (C=O) groups is 1. The van der Waals surface area contributed by atoms with Crippen LogP contribution in [0, 0.1) is 6.92 Å². The van der Waals surface area contributed by atoms with Gasteiger partial charge in [0.15, 0.2) is 0 Å². The maximum Gasteiger partial charge on any atom is 0.409 e. The lowest BCUT2D eigenvalue weighted by Crippen LogP contribution is -2.44. The number of imidazole rings is 1. The summed E-state index contributed by atoms with van der Waals surface area (Å²) >= 11 is 0. The van der Waals surface area contributed by atoms with Crippen molar-refractivity contribution in [3.8, 4) is 0 Å². The van der Waals surface area contributed by atoms with E-state index < -0.39 is 0 Å². The summed E-state index contributed by atoms with van der Waals surface area (Å²) in [5.41, 5.74) is 6.45. The molecule has 0 unspecified atom stereocenters. The van der Waals surface area contributed by atoms with E-state index in [0.29, 0.717) is 25.9 Å². The van der Waals surface area contributed by atoms with Crippen molar-refractivity contribution in [2.45, 2.75) is 51.4 Å². The van der Waals surface area contributed by atoms with Gasteiger partial charge in [-0.3, -0.25) is 9.47 Å². The topological polar surface area (TPSA) is 70.6 Å². The van der Waals surface area contributed by atoms with Gasteiger partial charge < -0.3 is 14.6 Å². The van der Waals surface area contributed by atoms with Crippen molar-refractivity contribution >= 4 is 17.1 Å². The van der Waals surface area contributed by atoms with Crippen LogP contribution in [-0.2, 0) is 24.2 Å². The molecule has 1 aromatic heterocycles. The number of fused-ring (bicyclic) bond motifs is 1. The number of nitrogens with zero attached hydrogens (tertiary/aromatic N) is 3. The molecule has 1 atom stereocenters. The molecule has 0 bridgehead atoms. The van der Waals surface area contributed by atoms with E-state index in [-0.39, 0.29) is 30.5 Å². The van der Waals surface area contributed by atoms with Gasteiger partial charge in [-0.2, -0.15) is 0 Å². The first-order valence-electron chi connectivity index (χ1n) is 15.5. The predicted molar refractivity (Wildman–Crippen MR) is 175 cm³/mol. The summed E-state index contributed by atoms with van der Waals surface area (Å²) in [4.78, 5) is 33.5. The second-order valence-corrected chi connectivity index (χ2v) is 11.8. The van der Waals surface area contributed by atoms with Crippen LogP contribution in [0.3, 0.4) is 0 Å². The molecule has 7 heteroatoms. The number of piperidine rings is 1. The summed E-state index contributed by atoms with van der Waals surface area (Å²) in [6.45, 7) is 4.91. The number of benzene rings is 4. The Kier molecular flexibility index (Phi) is 9.22. The first-order chi connectivity index (χ1) is 21.5. The van der Waals surface area contributed by atoms with E-state index in [1.807, 2.05) is 47.9 Å². The molecule has 1 amide bonds. The number of aromatic nitrogens is 2. The Morgan fingerprint density at radius 3 is 1.98 bits per heavy atom. The molecule has 0 aliphatic carbocycles. The van der Waals surface area contributed by atoms with Crippen LogP contribution in [0.4, 0.5) is 4.79 Å². The molecule has 44 heavy (non-hydrogen) atoms. The predicted octanol–water partition coefficient (Wildman–Crippen LogP) is 6.73. The van der Waals surface area contributed by atoms with Crippen molar-refractivity contribution in [3.63, 3.8) is 0 Å². The molecular formula is C37H40N4O3. The van der Waals surface area contributed by atoms with E-state index in [2.05, 4.69) is 82.7 Å². The number of rotatable bonds is 10. The third-order valence-electron chi connectivity index (χ3n) is 8.71. The van der Waals surface area contributed by atoms with Gasteiger partial charge in [-0.05, 0) is 54.5 Å². The standard InChI is InChI=1S/C37H40N4O3/c1-28-12-11-19-34-35(28)41(36(42)38-34)32-20-22-39(23-21-32)37(43)44-27-33(24-29-13-5-2-6-14-29)40(25-30-15-7-3-8-16-30)26-31-17-9-4-10-18-31/h2-19,32-33H,20-27H2,1H3,(H,38,42)/t33-/m0/s1. The van der Waals surface area contributed by atoms with E-state index in [0.717, 1.165) is 36.1 Å². The molecule has 5 aromatic rings.